The fraction of sp³-hybridized carbons (Fsp3) is 0.288. The number of para-hydroxylation sites is 2. The van der Waals surface area contributed by atoms with Crippen LogP contribution in [0.1, 0.15) is 125 Å². The van der Waals surface area contributed by atoms with Crippen LogP contribution < -0.4 is 4.90 Å². The number of nitrogens with zero attached hydrogens (tertiary/aromatic N) is 1. The molecule has 304 valence electrons. The van der Waals surface area contributed by atoms with Crippen LogP contribution in [-0.4, -0.2) is 0 Å². The van der Waals surface area contributed by atoms with Gasteiger partial charge in [0.05, 0.1) is 5.69 Å². The Labute approximate surface area is 362 Å². The van der Waals surface area contributed by atoms with Crippen LogP contribution in [0.25, 0.3) is 55.3 Å². The second kappa shape index (κ2) is 13.6. The van der Waals surface area contributed by atoms with Crippen molar-refractivity contribution in [3.63, 3.8) is 0 Å². The van der Waals surface area contributed by atoms with Gasteiger partial charge in [0.15, 0.2) is 0 Å². The summed E-state index contributed by atoms with van der Waals surface area (Å²) in [6.45, 7) is 18.8. The monoisotopic (exact) mass is 795 g/mol. The van der Waals surface area contributed by atoms with Gasteiger partial charge in [-0.1, -0.05) is 170 Å². The summed E-state index contributed by atoms with van der Waals surface area (Å²) in [4.78, 5) is 2.53. The van der Waals surface area contributed by atoms with Crippen molar-refractivity contribution in [3.8, 4) is 33.4 Å². The Hall–Kier alpha value is -5.86. The third kappa shape index (κ3) is 5.74. The second-order valence-electron chi connectivity index (χ2n) is 20.4. The number of furan rings is 1. The van der Waals surface area contributed by atoms with Crippen molar-refractivity contribution in [1.29, 1.82) is 0 Å². The highest BCUT2D eigenvalue weighted by molar-refractivity contribution is 6.11. The molecular formula is C59H57NO. The van der Waals surface area contributed by atoms with Crippen LogP contribution in [0, 0.1) is 6.92 Å². The van der Waals surface area contributed by atoms with E-state index in [1.54, 1.807) is 0 Å². The van der Waals surface area contributed by atoms with E-state index in [2.05, 4.69) is 194 Å². The van der Waals surface area contributed by atoms with Crippen molar-refractivity contribution >= 4 is 39.0 Å². The molecule has 8 aromatic rings. The van der Waals surface area contributed by atoms with E-state index in [1.807, 2.05) is 0 Å². The fourth-order valence-electron chi connectivity index (χ4n) is 11.6. The minimum absolute atomic E-state index is 0.0220. The highest BCUT2D eigenvalue weighted by Crippen LogP contribution is 2.56. The van der Waals surface area contributed by atoms with Crippen LogP contribution in [0.4, 0.5) is 17.1 Å². The van der Waals surface area contributed by atoms with E-state index < -0.39 is 0 Å². The predicted molar refractivity (Wildman–Crippen MR) is 258 cm³/mol. The summed E-state index contributed by atoms with van der Waals surface area (Å²) in [5, 5.41) is 2.41. The van der Waals surface area contributed by atoms with Crippen LogP contribution in [0.2, 0.25) is 0 Å². The number of hydrogen-bond acceptors (Lipinski definition) is 2. The van der Waals surface area contributed by atoms with Gasteiger partial charge >= 0.3 is 0 Å². The molecule has 0 spiro atoms. The van der Waals surface area contributed by atoms with Crippen LogP contribution in [0.15, 0.2) is 138 Å². The topological polar surface area (TPSA) is 16.4 Å². The molecule has 0 bridgehead atoms. The number of anilines is 3. The van der Waals surface area contributed by atoms with Crippen molar-refractivity contribution in [3.05, 3.63) is 172 Å². The quantitative estimate of drug-likeness (QED) is 0.173. The molecule has 0 atom stereocenters. The predicted octanol–water partition coefficient (Wildman–Crippen LogP) is 17.0. The Morgan fingerprint density at radius 2 is 1.13 bits per heavy atom. The zero-order valence-electron chi connectivity index (χ0n) is 37.2. The minimum Gasteiger partial charge on any atom is -0.455 e. The summed E-state index contributed by atoms with van der Waals surface area (Å²) in [6, 6.07) is 51.0. The maximum atomic E-state index is 7.18. The first-order valence-corrected chi connectivity index (χ1v) is 22.7. The lowest BCUT2D eigenvalue weighted by Gasteiger charge is -2.31. The average Bonchev–Trinajstić information content (AvgIpc) is 3.84. The van der Waals surface area contributed by atoms with Crippen molar-refractivity contribution in [1.82, 2.24) is 0 Å². The minimum atomic E-state index is -0.165. The molecule has 0 amide bonds. The summed E-state index contributed by atoms with van der Waals surface area (Å²) in [5.41, 5.74) is 22.5. The summed E-state index contributed by atoms with van der Waals surface area (Å²) < 4.78 is 7.18. The van der Waals surface area contributed by atoms with Gasteiger partial charge in [-0.3, -0.25) is 0 Å². The van der Waals surface area contributed by atoms with Gasteiger partial charge < -0.3 is 9.32 Å². The molecular weight excluding hydrogens is 739 g/mol. The number of fused-ring (bicyclic) bond motifs is 9. The van der Waals surface area contributed by atoms with Crippen molar-refractivity contribution in [2.75, 3.05) is 4.90 Å². The van der Waals surface area contributed by atoms with Crippen molar-refractivity contribution in [2.24, 2.45) is 0 Å². The zero-order chi connectivity index (χ0) is 42.0. The maximum absolute atomic E-state index is 7.18. The van der Waals surface area contributed by atoms with Gasteiger partial charge in [0.25, 0.3) is 0 Å². The van der Waals surface area contributed by atoms with Crippen LogP contribution in [0.5, 0.6) is 0 Å². The highest BCUT2D eigenvalue weighted by atomic mass is 16.3. The molecule has 2 nitrogen and oxygen atoms in total. The third-order valence-corrected chi connectivity index (χ3v) is 14.9. The maximum Gasteiger partial charge on any atom is 0.143 e. The molecule has 1 fully saturated rings. The summed E-state index contributed by atoms with van der Waals surface area (Å²) in [6.07, 6.45) is 6.41. The number of aryl methyl sites for hydroxylation is 1. The SMILES string of the molecule is Cc1ccc(N(c2ccc3c(c2)C(C)(C)c2ccccc2-3)c2ccc3c(c2)C(C)(C)c2cccc(C(C)(C)C)c2-3)c(-c2cccc3c2oc2c(C4CCCCC4)cccc23)c1. The summed E-state index contributed by atoms with van der Waals surface area (Å²) in [7, 11) is 0. The lowest BCUT2D eigenvalue weighted by atomic mass is 9.79. The molecule has 0 aliphatic heterocycles. The second-order valence-corrected chi connectivity index (χ2v) is 20.4. The molecule has 1 aromatic heterocycles. The first-order chi connectivity index (χ1) is 29.3. The Balaban J connectivity index is 1.15. The van der Waals surface area contributed by atoms with Gasteiger partial charge in [-0.25, -0.2) is 0 Å². The Kier molecular flexibility index (Phi) is 8.47. The van der Waals surface area contributed by atoms with Gasteiger partial charge in [-0.2, -0.15) is 0 Å². The van der Waals surface area contributed by atoms with Gasteiger partial charge in [0, 0.05) is 44.1 Å². The van der Waals surface area contributed by atoms with Gasteiger partial charge in [0.1, 0.15) is 11.2 Å². The van der Waals surface area contributed by atoms with Crippen LogP contribution in [0.3, 0.4) is 0 Å². The molecule has 3 aliphatic carbocycles. The summed E-state index contributed by atoms with van der Waals surface area (Å²) in [5.74, 6) is 0.552. The highest BCUT2D eigenvalue weighted by Gasteiger charge is 2.40. The standard InChI is InChI=1S/C59H57NO/c1-36-27-32-53(47(33-36)45-23-15-22-44-43-21-14-20-40(55(43)61-56(44)45)37-17-10-9-11-18-37)60(38-28-30-42-41-19-12-13-24-48(41)58(5,6)51(42)34-38)39-29-31-46-52(35-39)59(7,8)50-26-16-25-49(54(46)50)57(2,3)4/h12-16,19-35,37H,9-11,17-18H2,1-8H3. The number of benzene rings is 7. The Morgan fingerprint density at radius 3 is 1.89 bits per heavy atom. The molecule has 7 aromatic carbocycles. The summed E-state index contributed by atoms with van der Waals surface area (Å²) >= 11 is 0. The Morgan fingerprint density at radius 1 is 0.525 bits per heavy atom. The van der Waals surface area contributed by atoms with E-state index in [4.69, 9.17) is 4.42 Å². The van der Waals surface area contributed by atoms with Crippen LogP contribution in [-0.2, 0) is 16.2 Å². The molecule has 0 unspecified atom stereocenters. The third-order valence-electron chi connectivity index (χ3n) is 14.9. The van der Waals surface area contributed by atoms with Gasteiger partial charge in [0.2, 0.25) is 0 Å². The van der Waals surface area contributed by atoms with Gasteiger partial charge in [-0.05, 0) is 123 Å². The Bertz CT molecular complexity index is 3070. The van der Waals surface area contributed by atoms with Crippen molar-refractivity contribution in [2.45, 2.75) is 110 Å². The number of rotatable bonds is 5. The molecule has 1 heterocycles. The molecule has 0 radical (unpaired) electrons. The van der Waals surface area contributed by atoms with E-state index in [-0.39, 0.29) is 16.2 Å². The van der Waals surface area contributed by atoms with E-state index in [0.717, 1.165) is 33.8 Å². The van der Waals surface area contributed by atoms with E-state index in [0.29, 0.717) is 5.92 Å². The normalized spacial score (nSPS) is 16.4. The molecule has 3 aliphatic rings. The van der Waals surface area contributed by atoms with Gasteiger partial charge in [-0.15, -0.1) is 0 Å². The zero-order valence-corrected chi connectivity index (χ0v) is 37.2. The first kappa shape index (κ1) is 38.1. The lowest BCUT2D eigenvalue weighted by molar-refractivity contribution is 0.442. The fourth-order valence-corrected chi connectivity index (χ4v) is 11.6. The molecule has 0 saturated heterocycles. The van der Waals surface area contributed by atoms with E-state index in [9.17, 15) is 0 Å². The van der Waals surface area contributed by atoms with E-state index >= 15 is 0 Å². The smallest absolute Gasteiger partial charge is 0.143 e. The molecule has 0 N–H and O–H groups in total. The van der Waals surface area contributed by atoms with Crippen LogP contribution >= 0.6 is 0 Å². The molecule has 61 heavy (non-hydrogen) atoms. The molecule has 2 heteroatoms. The number of hydrogen-bond donors (Lipinski definition) is 0. The van der Waals surface area contributed by atoms with Crippen molar-refractivity contribution < 1.29 is 4.42 Å². The largest absolute Gasteiger partial charge is 0.455 e. The van der Waals surface area contributed by atoms with E-state index in [1.165, 1.54) is 110 Å². The first-order valence-electron chi connectivity index (χ1n) is 22.7. The average molecular weight is 796 g/mol. The molecule has 11 rings (SSSR count). The molecule has 1 saturated carbocycles. The lowest BCUT2D eigenvalue weighted by Crippen LogP contribution is -2.18.